The first kappa shape index (κ1) is 16.5. The Morgan fingerprint density at radius 2 is 2.05 bits per heavy atom. The van der Waals surface area contributed by atoms with Gasteiger partial charge in [0.05, 0.1) is 10.7 Å². The lowest BCUT2D eigenvalue weighted by atomic mass is 9.98. The number of benzene rings is 1. The van der Waals surface area contributed by atoms with Gasteiger partial charge in [0.15, 0.2) is 0 Å². The second-order valence-corrected chi connectivity index (χ2v) is 7.21. The number of nitrogens with one attached hydrogen (secondary N) is 2. The van der Waals surface area contributed by atoms with Gasteiger partial charge in [0.2, 0.25) is 0 Å². The minimum absolute atomic E-state index is 0.0450. The van der Waals surface area contributed by atoms with Crippen LogP contribution in [0.3, 0.4) is 0 Å². The first-order chi connectivity index (χ1) is 9.92. The van der Waals surface area contributed by atoms with E-state index >= 15 is 0 Å². The highest BCUT2D eigenvalue weighted by Crippen LogP contribution is 2.25. The van der Waals surface area contributed by atoms with Crippen molar-refractivity contribution in [3.63, 3.8) is 0 Å². The van der Waals surface area contributed by atoms with Gasteiger partial charge in [-0.05, 0) is 50.6 Å². The number of piperidine rings is 1. The molecule has 0 aliphatic carbocycles. The zero-order valence-electron chi connectivity index (χ0n) is 11.8. The molecule has 0 spiro atoms. The fourth-order valence-corrected chi connectivity index (χ4v) is 3.97. The molecule has 0 atom stereocenters. The molecule has 0 amide bonds. The highest BCUT2D eigenvalue weighted by molar-refractivity contribution is 7.90. The third kappa shape index (κ3) is 4.29. The average Bonchev–Trinajstić information content (AvgIpc) is 2.43. The smallest absolute Gasteiger partial charge is 0.301 e. The van der Waals surface area contributed by atoms with Crippen LogP contribution in [0.15, 0.2) is 18.2 Å². The summed E-state index contributed by atoms with van der Waals surface area (Å²) in [7, 11) is -1.76. The van der Waals surface area contributed by atoms with Crippen molar-refractivity contribution in [1.29, 1.82) is 0 Å². The van der Waals surface area contributed by atoms with E-state index in [1.165, 1.54) is 16.4 Å². The second-order valence-electron chi connectivity index (χ2n) is 5.13. The molecule has 21 heavy (non-hydrogen) atoms. The summed E-state index contributed by atoms with van der Waals surface area (Å²) in [4.78, 5) is 0. The van der Waals surface area contributed by atoms with Crippen LogP contribution in [0.5, 0.6) is 0 Å². The predicted octanol–water partition coefficient (Wildman–Crippen LogP) is 2.07. The van der Waals surface area contributed by atoms with Gasteiger partial charge in [-0.2, -0.15) is 12.7 Å². The van der Waals surface area contributed by atoms with Crippen molar-refractivity contribution in [3.8, 4) is 0 Å². The van der Waals surface area contributed by atoms with Crippen LogP contribution in [0, 0.1) is 11.7 Å². The van der Waals surface area contributed by atoms with Crippen LogP contribution in [0.1, 0.15) is 12.8 Å². The Hall–Kier alpha value is -0.890. The van der Waals surface area contributed by atoms with Gasteiger partial charge in [-0.25, -0.2) is 4.39 Å². The largest absolute Gasteiger partial charge is 0.319 e. The quantitative estimate of drug-likeness (QED) is 0.866. The van der Waals surface area contributed by atoms with E-state index in [9.17, 15) is 12.8 Å². The van der Waals surface area contributed by atoms with Gasteiger partial charge < -0.3 is 5.32 Å². The standard InChI is InChI=1S/C13H19ClFN3O2S/c1-16-9-10-4-6-18(7-5-10)21(19,20)17-13-3-2-11(15)8-12(13)14/h2-3,8,10,16-17H,4-7,9H2,1H3. The summed E-state index contributed by atoms with van der Waals surface area (Å²) in [5, 5.41) is 3.15. The van der Waals surface area contributed by atoms with E-state index in [1.54, 1.807) is 0 Å². The Bertz CT molecular complexity index is 589. The maximum Gasteiger partial charge on any atom is 0.301 e. The van der Waals surface area contributed by atoms with Crippen LogP contribution >= 0.6 is 11.6 Å². The molecule has 1 saturated heterocycles. The van der Waals surface area contributed by atoms with E-state index in [1.807, 2.05) is 7.05 Å². The second kappa shape index (κ2) is 6.91. The minimum Gasteiger partial charge on any atom is -0.319 e. The summed E-state index contributed by atoms with van der Waals surface area (Å²) in [6, 6.07) is 3.57. The zero-order valence-corrected chi connectivity index (χ0v) is 13.3. The Kier molecular flexibility index (Phi) is 5.43. The van der Waals surface area contributed by atoms with Gasteiger partial charge in [0.25, 0.3) is 0 Å². The maximum atomic E-state index is 13.0. The summed E-state index contributed by atoms with van der Waals surface area (Å²) >= 11 is 5.85. The van der Waals surface area contributed by atoms with Crippen LogP contribution < -0.4 is 10.0 Å². The number of hydrogen-bond acceptors (Lipinski definition) is 3. The monoisotopic (exact) mass is 335 g/mol. The SMILES string of the molecule is CNCC1CCN(S(=O)(=O)Nc2ccc(F)cc2Cl)CC1. The Morgan fingerprint density at radius 3 is 2.62 bits per heavy atom. The molecule has 0 saturated carbocycles. The molecule has 2 N–H and O–H groups in total. The fraction of sp³-hybridized carbons (Fsp3) is 0.538. The molecule has 1 aliphatic rings. The fourth-order valence-electron chi connectivity index (χ4n) is 2.42. The van der Waals surface area contributed by atoms with Crippen molar-refractivity contribution in [2.45, 2.75) is 12.8 Å². The van der Waals surface area contributed by atoms with Crippen LogP contribution in [-0.2, 0) is 10.2 Å². The Balaban J connectivity index is 2.02. The Labute approximate surface area is 129 Å². The molecule has 1 aliphatic heterocycles. The third-order valence-corrected chi connectivity index (χ3v) is 5.41. The first-order valence-electron chi connectivity index (χ1n) is 6.80. The molecular formula is C13H19ClFN3O2S. The molecule has 0 bridgehead atoms. The van der Waals surface area contributed by atoms with Crippen molar-refractivity contribution >= 4 is 27.5 Å². The highest BCUT2D eigenvalue weighted by atomic mass is 35.5. The molecule has 1 aromatic carbocycles. The van der Waals surface area contributed by atoms with Gasteiger partial charge in [0.1, 0.15) is 5.82 Å². The topological polar surface area (TPSA) is 61.4 Å². The lowest BCUT2D eigenvalue weighted by molar-refractivity contribution is 0.272. The summed E-state index contributed by atoms with van der Waals surface area (Å²) in [6.45, 7) is 1.84. The first-order valence-corrected chi connectivity index (χ1v) is 8.61. The molecule has 118 valence electrons. The number of nitrogens with zero attached hydrogens (tertiary/aromatic N) is 1. The van der Waals surface area contributed by atoms with Crippen molar-refractivity contribution in [2.24, 2.45) is 5.92 Å². The van der Waals surface area contributed by atoms with Gasteiger partial charge in [-0.15, -0.1) is 0 Å². The van der Waals surface area contributed by atoms with Crippen molar-refractivity contribution in [2.75, 3.05) is 31.4 Å². The van der Waals surface area contributed by atoms with Gasteiger partial charge in [0, 0.05) is 13.1 Å². The minimum atomic E-state index is -3.65. The molecule has 1 fully saturated rings. The lowest BCUT2D eigenvalue weighted by Crippen LogP contribution is -2.43. The zero-order chi connectivity index (χ0) is 15.5. The Morgan fingerprint density at radius 1 is 1.38 bits per heavy atom. The van der Waals surface area contributed by atoms with Crippen molar-refractivity contribution in [3.05, 3.63) is 29.0 Å². The highest BCUT2D eigenvalue weighted by Gasteiger charge is 2.28. The molecule has 1 aromatic rings. The van der Waals surface area contributed by atoms with Crippen molar-refractivity contribution < 1.29 is 12.8 Å². The number of anilines is 1. The van der Waals surface area contributed by atoms with E-state index < -0.39 is 16.0 Å². The summed E-state index contributed by atoms with van der Waals surface area (Å²) in [6.07, 6.45) is 1.64. The van der Waals surface area contributed by atoms with E-state index in [0.29, 0.717) is 19.0 Å². The normalized spacial score (nSPS) is 17.9. The molecule has 0 radical (unpaired) electrons. The summed E-state index contributed by atoms with van der Waals surface area (Å²) in [5.74, 6) is -0.00770. The molecule has 8 heteroatoms. The van der Waals surface area contributed by atoms with Gasteiger partial charge in [-0.1, -0.05) is 11.6 Å². The predicted molar refractivity (Wildman–Crippen MR) is 82.2 cm³/mol. The molecule has 0 aromatic heterocycles. The van der Waals surface area contributed by atoms with Crippen molar-refractivity contribution in [1.82, 2.24) is 9.62 Å². The van der Waals surface area contributed by atoms with Crippen LogP contribution in [-0.4, -0.2) is 39.4 Å². The number of halogens is 2. The van der Waals surface area contributed by atoms with Crippen LogP contribution in [0.25, 0.3) is 0 Å². The summed E-state index contributed by atoms with van der Waals surface area (Å²) < 4.78 is 41.4. The molecule has 2 rings (SSSR count). The maximum absolute atomic E-state index is 13.0. The van der Waals surface area contributed by atoms with Crippen LogP contribution in [0.4, 0.5) is 10.1 Å². The van der Waals surface area contributed by atoms with E-state index in [-0.39, 0.29) is 10.7 Å². The third-order valence-electron chi connectivity index (χ3n) is 3.58. The van der Waals surface area contributed by atoms with Crippen LogP contribution in [0.2, 0.25) is 5.02 Å². The number of hydrogen-bond donors (Lipinski definition) is 2. The summed E-state index contributed by atoms with van der Waals surface area (Å²) in [5.41, 5.74) is 0.190. The number of rotatable bonds is 5. The van der Waals surface area contributed by atoms with E-state index in [2.05, 4.69) is 10.0 Å². The average molecular weight is 336 g/mol. The molecular weight excluding hydrogens is 317 g/mol. The van der Waals surface area contributed by atoms with E-state index in [0.717, 1.165) is 25.5 Å². The molecule has 0 unspecified atom stereocenters. The van der Waals surface area contributed by atoms with E-state index in [4.69, 9.17) is 11.6 Å². The molecule has 1 heterocycles. The van der Waals surface area contributed by atoms with Gasteiger partial charge >= 0.3 is 10.2 Å². The molecule has 5 nitrogen and oxygen atoms in total. The lowest BCUT2D eigenvalue weighted by Gasteiger charge is -2.31. The van der Waals surface area contributed by atoms with Gasteiger partial charge in [-0.3, -0.25) is 4.72 Å².